The van der Waals surface area contributed by atoms with Gasteiger partial charge < -0.3 is 4.74 Å². The van der Waals surface area contributed by atoms with Crippen molar-refractivity contribution in [2.24, 2.45) is 0 Å². The van der Waals surface area contributed by atoms with Crippen LogP contribution >= 0.6 is 8.46 Å². The minimum absolute atomic E-state index is 0.0202. The van der Waals surface area contributed by atoms with E-state index >= 15 is 0 Å². The van der Waals surface area contributed by atoms with Crippen LogP contribution in [0.4, 0.5) is 0 Å². The van der Waals surface area contributed by atoms with Gasteiger partial charge in [-0.15, -0.1) is 0 Å². The summed E-state index contributed by atoms with van der Waals surface area (Å²) >= 11 is 0. The van der Waals surface area contributed by atoms with E-state index in [1.807, 2.05) is 0 Å². The molecule has 0 aliphatic carbocycles. The summed E-state index contributed by atoms with van der Waals surface area (Å²) in [6, 6.07) is 0. The maximum Gasteiger partial charge on any atom is 0.187 e. The third-order valence-electron chi connectivity index (χ3n) is 1.18. The van der Waals surface area contributed by atoms with Crippen LogP contribution < -0.4 is 0 Å². The van der Waals surface area contributed by atoms with Gasteiger partial charge in [0.15, 0.2) is 8.46 Å². The molecule has 0 aromatic carbocycles. The lowest BCUT2D eigenvalue weighted by Crippen LogP contribution is -2.01. The Kier molecular flexibility index (Phi) is 7.21. The third-order valence-corrected chi connectivity index (χ3v) is 1.56. The molecule has 0 spiro atoms. The SMILES string of the molecule is [CH2]C(OCCCCC)P=O. The zero-order valence-corrected chi connectivity index (χ0v) is 7.27. The maximum absolute atomic E-state index is 10.1. The lowest BCUT2D eigenvalue weighted by atomic mass is 10.3. The predicted octanol–water partition coefficient (Wildman–Crippen LogP) is 2.65. The van der Waals surface area contributed by atoms with Gasteiger partial charge in [0.05, 0.1) is 0 Å². The highest BCUT2D eigenvalue weighted by molar-refractivity contribution is 7.24. The summed E-state index contributed by atoms with van der Waals surface area (Å²) in [5.74, 6) is -0.378. The average Bonchev–Trinajstić information content (AvgIpc) is 1.98. The van der Waals surface area contributed by atoms with Gasteiger partial charge in [0.1, 0.15) is 5.85 Å². The summed E-state index contributed by atoms with van der Waals surface area (Å²) < 4.78 is 15.1. The van der Waals surface area contributed by atoms with E-state index < -0.39 is 0 Å². The Balaban J connectivity index is 2.95. The van der Waals surface area contributed by atoms with Crippen molar-refractivity contribution in [2.45, 2.75) is 32.0 Å². The summed E-state index contributed by atoms with van der Waals surface area (Å²) in [7, 11) is -0.0202. The van der Waals surface area contributed by atoms with Crippen molar-refractivity contribution in [1.29, 1.82) is 0 Å². The van der Waals surface area contributed by atoms with Gasteiger partial charge in [0, 0.05) is 6.61 Å². The van der Waals surface area contributed by atoms with Crippen molar-refractivity contribution in [3.63, 3.8) is 0 Å². The van der Waals surface area contributed by atoms with E-state index in [2.05, 4.69) is 13.8 Å². The van der Waals surface area contributed by atoms with Crippen LogP contribution in [0.2, 0.25) is 0 Å². The van der Waals surface area contributed by atoms with E-state index in [0.29, 0.717) is 6.61 Å². The predicted molar refractivity (Wildman–Crippen MR) is 42.2 cm³/mol. The highest BCUT2D eigenvalue weighted by atomic mass is 31.1. The molecular formula is C7H14O2P. The Labute approximate surface area is 64.2 Å². The zero-order chi connectivity index (χ0) is 7.82. The first-order valence-electron chi connectivity index (χ1n) is 3.58. The first-order chi connectivity index (χ1) is 4.81. The Morgan fingerprint density at radius 1 is 1.60 bits per heavy atom. The van der Waals surface area contributed by atoms with Crippen LogP contribution in [0.1, 0.15) is 26.2 Å². The van der Waals surface area contributed by atoms with Gasteiger partial charge in [-0.1, -0.05) is 19.8 Å². The number of hydrogen-bond acceptors (Lipinski definition) is 2. The Morgan fingerprint density at radius 2 is 2.30 bits per heavy atom. The highest BCUT2D eigenvalue weighted by Gasteiger charge is 1.97. The van der Waals surface area contributed by atoms with E-state index in [1.165, 1.54) is 12.8 Å². The minimum Gasteiger partial charge on any atom is -0.366 e. The Morgan fingerprint density at radius 3 is 2.80 bits per heavy atom. The number of rotatable bonds is 6. The summed E-state index contributed by atoms with van der Waals surface area (Å²) in [5, 5.41) is 0. The lowest BCUT2D eigenvalue weighted by molar-refractivity contribution is 0.131. The Bertz CT molecular complexity index is 85.7. The van der Waals surface area contributed by atoms with Crippen molar-refractivity contribution in [2.75, 3.05) is 6.61 Å². The molecular weight excluding hydrogens is 147 g/mol. The molecule has 0 aromatic rings. The van der Waals surface area contributed by atoms with E-state index in [9.17, 15) is 4.57 Å². The molecule has 0 rings (SSSR count). The Hall–Kier alpha value is 0.0600. The molecule has 59 valence electrons. The average molecular weight is 161 g/mol. The molecule has 3 heteroatoms. The van der Waals surface area contributed by atoms with Crippen LogP contribution in [-0.4, -0.2) is 12.5 Å². The molecule has 10 heavy (non-hydrogen) atoms. The van der Waals surface area contributed by atoms with E-state index in [-0.39, 0.29) is 14.3 Å². The van der Waals surface area contributed by atoms with Gasteiger partial charge in [-0.3, -0.25) is 4.57 Å². The molecule has 0 aliphatic rings. The summed E-state index contributed by atoms with van der Waals surface area (Å²) in [4.78, 5) is 0. The van der Waals surface area contributed by atoms with Crippen molar-refractivity contribution in [3.05, 3.63) is 6.92 Å². The highest BCUT2D eigenvalue weighted by Crippen LogP contribution is 2.06. The van der Waals surface area contributed by atoms with Crippen LogP contribution in [0.15, 0.2) is 0 Å². The topological polar surface area (TPSA) is 26.3 Å². The number of unbranched alkanes of at least 4 members (excludes halogenated alkanes) is 2. The minimum atomic E-state index is -0.378. The van der Waals surface area contributed by atoms with Crippen molar-refractivity contribution in [3.8, 4) is 0 Å². The van der Waals surface area contributed by atoms with Crippen LogP contribution in [-0.2, 0) is 9.30 Å². The van der Waals surface area contributed by atoms with Crippen molar-refractivity contribution in [1.82, 2.24) is 0 Å². The smallest absolute Gasteiger partial charge is 0.187 e. The normalized spacial score (nSPS) is 13.8. The molecule has 0 N–H and O–H groups in total. The molecule has 1 atom stereocenters. The van der Waals surface area contributed by atoms with Crippen molar-refractivity contribution < 1.29 is 9.30 Å². The molecule has 0 aromatic heterocycles. The van der Waals surface area contributed by atoms with Gasteiger partial charge in [0.2, 0.25) is 0 Å². The third kappa shape index (κ3) is 6.18. The first kappa shape index (κ1) is 10.1. The van der Waals surface area contributed by atoms with Gasteiger partial charge in [0.25, 0.3) is 0 Å². The van der Waals surface area contributed by atoms with E-state index in [1.54, 1.807) is 0 Å². The first-order valence-corrected chi connectivity index (χ1v) is 4.46. The summed E-state index contributed by atoms with van der Waals surface area (Å²) in [6.45, 7) is 6.32. The van der Waals surface area contributed by atoms with Gasteiger partial charge in [-0.2, -0.15) is 0 Å². The molecule has 0 aliphatic heterocycles. The van der Waals surface area contributed by atoms with Crippen LogP contribution in [0.5, 0.6) is 0 Å². The fourth-order valence-electron chi connectivity index (χ4n) is 0.602. The quantitative estimate of drug-likeness (QED) is 0.442. The van der Waals surface area contributed by atoms with Crippen LogP contribution in [0, 0.1) is 6.92 Å². The molecule has 0 heterocycles. The number of hydrogen-bond donors (Lipinski definition) is 0. The van der Waals surface area contributed by atoms with Gasteiger partial charge >= 0.3 is 0 Å². The molecule has 0 bridgehead atoms. The maximum atomic E-state index is 10.1. The van der Waals surface area contributed by atoms with Crippen LogP contribution in [0.3, 0.4) is 0 Å². The fraction of sp³-hybridized carbons (Fsp3) is 0.857. The standard InChI is InChI=1S/C7H14O2P/c1-3-4-5-6-9-7(2)10-8/h7H,2-6H2,1H3. The molecule has 2 nitrogen and oxygen atoms in total. The second-order valence-electron chi connectivity index (χ2n) is 2.14. The van der Waals surface area contributed by atoms with Gasteiger partial charge in [-0.05, 0) is 13.3 Å². The van der Waals surface area contributed by atoms with Crippen LogP contribution in [0.25, 0.3) is 0 Å². The summed E-state index contributed by atoms with van der Waals surface area (Å²) in [5.41, 5.74) is 0. The van der Waals surface area contributed by atoms with E-state index in [4.69, 9.17) is 4.74 Å². The summed E-state index contributed by atoms with van der Waals surface area (Å²) in [6.07, 6.45) is 3.39. The number of ether oxygens (including phenoxy) is 1. The second-order valence-corrected chi connectivity index (χ2v) is 2.92. The zero-order valence-electron chi connectivity index (χ0n) is 6.38. The van der Waals surface area contributed by atoms with Crippen molar-refractivity contribution >= 4 is 8.46 Å². The fourth-order valence-corrected chi connectivity index (χ4v) is 0.768. The molecule has 0 saturated heterocycles. The monoisotopic (exact) mass is 161 g/mol. The molecule has 0 amide bonds. The van der Waals surface area contributed by atoms with E-state index in [0.717, 1.165) is 6.42 Å². The lowest BCUT2D eigenvalue weighted by Gasteiger charge is -2.03. The molecule has 1 unspecified atom stereocenters. The molecule has 1 radical (unpaired) electrons. The largest absolute Gasteiger partial charge is 0.366 e. The van der Waals surface area contributed by atoms with Gasteiger partial charge in [-0.25, -0.2) is 0 Å². The second kappa shape index (κ2) is 7.17. The molecule has 0 fully saturated rings. The molecule has 0 saturated carbocycles.